The van der Waals surface area contributed by atoms with Gasteiger partial charge in [-0.1, -0.05) is 67.6 Å². The molecule has 0 aliphatic heterocycles. The lowest BCUT2D eigenvalue weighted by Gasteiger charge is -2.21. The second-order valence-corrected chi connectivity index (χ2v) is 4.32. The molecule has 18 heavy (non-hydrogen) atoms. The Labute approximate surface area is 109 Å². The van der Waals surface area contributed by atoms with Gasteiger partial charge in [-0.15, -0.1) is 0 Å². The smallest absolute Gasteiger partial charge is 0.0381 e. The largest absolute Gasteiger partial charge is 0.250 e. The summed E-state index contributed by atoms with van der Waals surface area (Å²) >= 11 is 0. The van der Waals surface area contributed by atoms with Crippen molar-refractivity contribution < 1.29 is 0 Å². The van der Waals surface area contributed by atoms with Crippen molar-refractivity contribution in [3.63, 3.8) is 0 Å². The number of hydrazine groups is 1. The quantitative estimate of drug-likeness (QED) is 0.780. The molecule has 0 radical (unpaired) electrons. The van der Waals surface area contributed by atoms with E-state index >= 15 is 0 Å². The van der Waals surface area contributed by atoms with Crippen molar-refractivity contribution >= 4 is 0 Å². The Morgan fingerprint density at radius 2 is 1.39 bits per heavy atom. The lowest BCUT2D eigenvalue weighted by Crippen LogP contribution is -2.36. The van der Waals surface area contributed by atoms with Crippen LogP contribution in [0.15, 0.2) is 60.7 Å². The van der Waals surface area contributed by atoms with Crippen LogP contribution in [0.2, 0.25) is 0 Å². The van der Waals surface area contributed by atoms with Crippen LogP contribution in [0, 0.1) is 0 Å². The van der Waals surface area contributed by atoms with Gasteiger partial charge in [0.05, 0.1) is 0 Å². The Bertz CT molecular complexity index is 439. The molecule has 94 valence electrons. The van der Waals surface area contributed by atoms with E-state index in [1.54, 1.807) is 0 Å². The van der Waals surface area contributed by atoms with Gasteiger partial charge in [0.15, 0.2) is 0 Å². The van der Waals surface area contributed by atoms with E-state index in [1.807, 2.05) is 6.07 Å². The molecule has 0 aliphatic rings. The van der Waals surface area contributed by atoms with Crippen LogP contribution in [-0.4, -0.2) is 11.6 Å². The van der Waals surface area contributed by atoms with Gasteiger partial charge >= 0.3 is 0 Å². The minimum Gasteiger partial charge on any atom is -0.250 e. The highest BCUT2D eigenvalue weighted by Crippen LogP contribution is 2.03. The van der Waals surface area contributed by atoms with Crippen LogP contribution < -0.4 is 5.43 Å². The maximum atomic E-state index is 3.47. The van der Waals surface area contributed by atoms with Gasteiger partial charge in [0.1, 0.15) is 0 Å². The van der Waals surface area contributed by atoms with E-state index in [4.69, 9.17) is 0 Å². The first-order valence-corrected chi connectivity index (χ1v) is 6.45. The van der Waals surface area contributed by atoms with E-state index in [1.165, 1.54) is 11.1 Å². The van der Waals surface area contributed by atoms with Gasteiger partial charge in [0.25, 0.3) is 0 Å². The fourth-order valence-corrected chi connectivity index (χ4v) is 1.88. The Hall–Kier alpha value is -1.64. The molecule has 0 bridgehead atoms. The molecule has 2 aromatic rings. The summed E-state index contributed by atoms with van der Waals surface area (Å²) in [5.41, 5.74) is 6.11. The second kappa shape index (κ2) is 6.94. The zero-order valence-electron chi connectivity index (χ0n) is 10.8. The average Bonchev–Trinajstić information content (AvgIpc) is 2.45. The molecule has 2 heteroatoms. The molecule has 0 amide bonds. The topological polar surface area (TPSA) is 15.3 Å². The molecule has 0 aromatic heterocycles. The lowest BCUT2D eigenvalue weighted by molar-refractivity contribution is 0.185. The Balaban J connectivity index is 1.86. The standard InChI is InChI=1S/C16H20N2/c1-2-18(14-16-11-7-4-8-12-16)17-13-15-9-5-3-6-10-15/h3-12,17H,2,13-14H2,1H3. The monoisotopic (exact) mass is 240 g/mol. The number of benzene rings is 2. The van der Waals surface area contributed by atoms with Crippen molar-refractivity contribution in [2.75, 3.05) is 6.54 Å². The summed E-state index contributed by atoms with van der Waals surface area (Å²) in [5.74, 6) is 0. The van der Waals surface area contributed by atoms with Crippen molar-refractivity contribution in [2.24, 2.45) is 0 Å². The highest BCUT2D eigenvalue weighted by molar-refractivity contribution is 5.15. The summed E-state index contributed by atoms with van der Waals surface area (Å²) in [6.07, 6.45) is 0. The van der Waals surface area contributed by atoms with Crippen molar-refractivity contribution in [1.29, 1.82) is 0 Å². The van der Waals surface area contributed by atoms with Gasteiger partial charge in [-0.05, 0) is 11.1 Å². The molecule has 0 heterocycles. The highest BCUT2D eigenvalue weighted by Gasteiger charge is 2.02. The van der Waals surface area contributed by atoms with Crippen LogP contribution in [0.4, 0.5) is 0 Å². The minimum atomic E-state index is 0.877. The molecule has 2 aromatic carbocycles. The third-order valence-electron chi connectivity index (χ3n) is 2.95. The van der Waals surface area contributed by atoms with Crippen molar-refractivity contribution in [1.82, 2.24) is 10.4 Å². The van der Waals surface area contributed by atoms with Crippen LogP contribution in [0.1, 0.15) is 18.1 Å². The summed E-state index contributed by atoms with van der Waals surface area (Å²) in [4.78, 5) is 0. The van der Waals surface area contributed by atoms with Crippen molar-refractivity contribution in [3.05, 3.63) is 71.8 Å². The molecule has 2 rings (SSSR count). The normalized spacial score (nSPS) is 10.8. The fourth-order valence-electron chi connectivity index (χ4n) is 1.88. The summed E-state index contributed by atoms with van der Waals surface area (Å²) < 4.78 is 0. The zero-order valence-corrected chi connectivity index (χ0v) is 10.8. The van der Waals surface area contributed by atoms with Crippen LogP contribution >= 0.6 is 0 Å². The number of rotatable bonds is 6. The van der Waals surface area contributed by atoms with Crippen molar-refractivity contribution in [2.45, 2.75) is 20.0 Å². The molecule has 0 saturated heterocycles. The molecular weight excluding hydrogens is 220 g/mol. The molecule has 0 saturated carbocycles. The van der Waals surface area contributed by atoms with Gasteiger partial charge < -0.3 is 0 Å². The summed E-state index contributed by atoms with van der Waals surface area (Å²) in [6.45, 7) is 4.97. The Kier molecular flexibility index (Phi) is 4.94. The first-order valence-electron chi connectivity index (χ1n) is 6.45. The molecule has 0 fully saturated rings. The first kappa shape index (κ1) is 12.8. The average molecular weight is 240 g/mol. The predicted octanol–water partition coefficient (Wildman–Crippen LogP) is 3.21. The number of nitrogens with zero attached hydrogens (tertiary/aromatic N) is 1. The van der Waals surface area contributed by atoms with E-state index in [0.717, 1.165) is 19.6 Å². The Morgan fingerprint density at radius 3 is 1.94 bits per heavy atom. The minimum absolute atomic E-state index is 0.877. The molecule has 0 unspecified atom stereocenters. The number of hydrogen-bond donors (Lipinski definition) is 1. The first-order chi connectivity index (χ1) is 8.88. The van der Waals surface area contributed by atoms with Crippen LogP contribution in [-0.2, 0) is 13.1 Å². The number of nitrogens with one attached hydrogen (secondary N) is 1. The molecular formula is C16H20N2. The van der Waals surface area contributed by atoms with Crippen LogP contribution in [0.25, 0.3) is 0 Å². The maximum absolute atomic E-state index is 3.47. The SMILES string of the molecule is CCN(Cc1ccccc1)NCc1ccccc1. The highest BCUT2D eigenvalue weighted by atomic mass is 15.5. The van der Waals surface area contributed by atoms with Gasteiger partial charge in [-0.2, -0.15) is 0 Å². The van der Waals surface area contributed by atoms with Crippen LogP contribution in [0.3, 0.4) is 0 Å². The van der Waals surface area contributed by atoms with Crippen molar-refractivity contribution in [3.8, 4) is 0 Å². The second-order valence-electron chi connectivity index (χ2n) is 4.32. The molecule has 0 spiro atoms. The lowest BCUT2D eigenvalue weighted by atomic mass is 10.2. The summed E-state index contributed by atoms with van der Waals surface area (Å²) in [6, 6.07) is 21.0. The third-order valence-corrected chi connectivity index (χ3v) is 2.95. The summed E-state index contributed by atoms with van der Waals surface area (Å²) in [5, 5.41) is 2.24. The van der Waals surface area contributed by atoms with E-state index in [2.05, 4.69) is 72.0 Å². The van der Waals surface area contributed by atoms with Gasteiger partial charge in [0.2, 0.25) is 0 Å². The fraction of sp³-hybridized carbons (Fsp3) is 0.250. The molecule has 1 N–H and O–H groups in total. The molecule has 0 atom stereocenters. The maximum Gasteiger partial charge on any atom is 0.0381 e. The summed E-state index contributed by atoms with van der Waals surface area (Å²) in [7, 11) is 0. The zero-order chi connectivity index (χ0) is 12.6. The van der Waals surface area contributed by atoms with E-state index in [-0.39, 0.29) is 0 Å². The van der Waals surface area contributed by atoms with E-state index in [9.17, 15) is 0 Å². The van der Waals surface area contributed by atoms with Gasteiger partial charge in [-0.25, -0.2) is 5.01 Å². The van der Waals surface area contributed by atoms with E-state index in [0.29, 0.717) is 0 Å². The third kappa shape index (κ3) is 3.99. The van der Waals surface area contributed by atoms with E-state index < -0.39 is 0 Å². The Morgan fingerprint density at radius 1 is 0.833 bits per heavy atom. The number of hydrogen-bond acceptors (Lipinski definition) is 2. The molecule has 0 aliphatic carbocycles. The van der Waals surface area contributed by atoms with Gasteiger partial charge in [0, 0.05) is 19.6 Å². The molecule has 2 nitrogen and oxygen atoms in total. The van der Waals surface area contributed by atoms with Crippen LogP contribution in [0.5, 0.6) is 0 Å². The predicted molar refractivity (Wildman–Crippen MR) is 75.8 cm³/mol. The van der Waals surface area contributed by atoms with Gasteiger partial charge in [-0.3, -0.25) is 5.43 Å².